The molecule has 1 aliphatic heterocycles. The van der Waals surface area contributed by atoms with Crippen LogP contribution in [-0.4, -0.2) is 24.8 Å². The summed E-state index contributed by atoms with van der Waals surface area (Å²) in [6.07, 6.45) is -0.648. The summed E-state index contributed by atoms with van der Waals surface area (Å²) >= 11 is 3.46. The van der Waals surface area contributed by atoms with Crippen molar-refractivity contribution in [2.45, 2.75) is 12.6 Å². The van der Waals surface area contributed by atoms with E-state index in [0.29, 0.717) is 5.75 Å². The second kappa shape index (κ2) is 6.02. The van der Waals surface area contributed by atoms with Gasteiger partial charge in [-0.3, -0.25) is 9.79 Å². The maximum absolute atomic E-state index is 12.2. The lowest BCUT2D eigenvalue weighted by Gasteiger charge is -2.14. The van der Waals surface area contributed by atoms with Crippen LogP contribution in [0.5, 0.6) is 5.75 Å². The van der Waals surface area contributed by atoms with E-state index in [4.69, 9.17) is 10.5 Å². The predicted molar refractivity (Wildman–Crippen MR) is 89.5 cm³/mol. The highest BCUT2D eigenvalue weighted by molar-refractivity contribution is 9.10. The average molecular weight is 359 g/mol. The SMILES string of the molecule is COc1c(Br)ccc2c1CC(=O)C(N)N=C2c1ccccc1. The fraction of sp³-hybridized carbons (Fsp3) is 0.176. The summed E-state index contributed by atoms with van der Waals surface area (Å²) in [7, 11) is 1.59. The number of nitrogens with zero attached hydrogens (tertiary/aromatic N) is 1. The van der Waals surface area contributed by atoms with Gasteiger partial charge in [0.2, 0.25) is 0 Å². The van der Waals surface area contributed by atoms with Crippen LogP contribution in [0.3, 0.4) is 0 Å². The molecule has 0 aromatic heterocycles. The van der Waals surface area contributed by atoms with E-state index in [2.05, 4.69) is 20.9 Å². The Balaban J connectivity index is 2.27. The maximum Gasteiger partial charge on any atom is 0.176 e. The number of carbonyl (C=O) groups is 1. The topological polar surface area (TPSA) is 64.7 Å². The maximum atomic E-state index is 12.2. The predicted octanol–water partition coefficient (Wildman–Crippen LogP) is 2.71. The number of ether oxygens (including phenoxy) is 1. The average Bonchev–Trinajstić information content (AvgIpc) is 2.65. The molecule has 1 unspecified atom stereocenters. The Labute approximate surface area is 137 Å². The number of aliphatic imine (C=N–C) groups is 1. The standard InChI is InChI=1S/C17H15BrN2O2/c1-22-16-12-9-14(21)17(19)20-15(10-5-3-2-4-6-10)11(12)7-8-13(16)18/h2-8,17H,9,19H2,1H3. The Bertz CT molecular complexity index is 757. The van der Waals surface area contributed by atoms with Gasteiger partial charge in [-0.15, -0.1) is 0 Å². The van der Waals surface area contributed by atoms with E-state index >= 15 is 0 Å². The molecule has 0 amide bonds. The van der Waals surface area contributed by atoms with E-state index in [9.17, 15) is 4.79 Å². The molecule has 0 saturated heterocycles. The van der Waals surface area contributed by atoms with E-state index in [1.165, 1.54) is 0 Å². The summed E-state index contributed by atoms with van der Waals surface area (Å²) in [5.74, 6) is 0.534. The van der Waals surface area contributed by atoms with Crippen molar-refractivity contribution < 1.29 is 9.53 Å². The van der Waals surface area contributed by atoms with Crippen LogP contribution in [-0.2, 0) is 11.2 Å². The molecule has 5 heteroatoms. The van der Waals surface area contributed by atoms with Gasteiger partial charge < -0.3 is 10.5 Å². The number of fused-ring (bicyclic) bond motifs is 1. The van der Waals surface area contributed by atoms with E-state index < -0.39 is 6.17 Å². The first-order valence-electron chi connectivity index (χ1n) is 6.89. The summed E-state index contributed by atoms with van der Waals surface area (Å²) in [6.45, 7) is 0. The van der Waals surface area contributed by atoms with Crippen LogP contribution in [0, 0.1) is 0 Å². The summed E-state index contributed by atoms with van der Waals surface area (Å²) in [5.41, 5.74) is 9.28. The van der Waals surface area contributed by atoms with Crippen LogP contribution in [0.15, 0.2) is 51.9 Å². The van der Waals surface area contributed by atoms with E-state index in [0.717, 1.165) is 26.9 Å². The summed E-state index contributed by atoms with van der Waals surface area (Å²) in [6, 6.07) is 13.6. The highest BCUT2D eigenvalue weighted by atomic mass is 79.9. The monoisotopic (exact) mass is 358 g/mol. The largest absolute Gasteiger partial charge is 0.495 e. The van der Waals surface area contributed by atoms with Crippen molar-refractivity contribution in [3.8, 4) is 5.75 Å². The number of nitrogens with two attached hydrogens (primary N) is 1. The molecule has 0 saturated carbocycles. The molecule has 112 valence electrons. The third kappa shape index (κ3) is 2.58. The minimum atomic E-state index is -0.855. The van der Waals surface area contributed by atoms with Gasteiger partial charge in [0.15, 0.2) is 11.9 Å². The minimum absolute atomic E-state index is 0.122. The van der Waals surface area contributed by atoms with Crippen molar-refractivity contribution in [2.75, 3.05) is 7.11 Å². The lowest BCUT2D eigenvalue weighted by molar-refractivity contribution is -0.119. The van der Waals surface area contributed by atoms with Crippen molar-refractivity contribution in [3.63, 3.8) is 0 Å². The number of halogens is 1. The summed E-state index contributed by atoms with van der Waals surface area (Å²) < 4.78 is 6.28. The van der Waals surface area contributed by atoms with Crippen LogP contribution in [0.1, 0.15) is 16.7 Å². The first-order valence-corrected chi connectivity index (χ1v) is 7.68. The molecule has 22 heavy (non-hydrogen) atoms. The Kier molecular flexibility index (Phi) is 4.09. The first-order chi connectivity index (χ1) is 10.6. The van der Waals surface area contributed by atoms with Crippen LogP contribution >= 0.6 is 15.9 Å². The fourth-order valence-electron chi connectivity index (χ4n) is 2.60. The second-order valence-corrected chi connectivity index (χ2v) is 5.89. The number of hydrogen-bond donors (Lipinski definition) is 1. The quantitative estimate of drug-likeness (QED) is 0.897. The van der Waals surface area contributed by atoms with E-state index in [1.807, 2.05) is 42.5 Å². The van der Waals surface area contributed by atoms with E-state index in [-0.39, 0.29) is 12.2 Å². The first kappa shape index (κ1) is 14.9. The lowest BCUT2D eigenvalue weighted by atomic mass is 9.95. The van der Waals surface area contributed by atoms with E-state index in [1.54, 1.807) is 7.11 Å². The van der Waals surface area contributed by atoms with Crippen molar-refractivity contribution in [1.29, 1.82) is 0 Å². The van der Waals surface area contributed by atoms with Crippen LogP contribution in [0.2, 0.25) is 0 Å². The van der Waals surface area contributed by atoms with Gasteiger partial charge in [0.1, 0.15) is 5.75 Å². The molecule has 2 aromatic rings. The van der Waals surface area contributed by atoms with Gasteiger partial charge in [0.05, 0.1) is 17.3 Å². The highest BCUT2D eigenvalue weighted by Gasteiger charge is 2.26. The Hall–Kier alpha value is -1.98. The molecule has 4 nitrogen and oxygen atoms in total. The number of Topliss-reactive ketones (excluding diaryl/α,β-unsaturated/α-hetero) is 1. The van der Waals surface area contributed by atoms with Crippen molar-refractivity contribution in [2.24, 2.45) is 10.7 Å². The van der Waals surface area contributed by atoms with Gasteiger partial charge in [-0.05, 0) is 22.0 Å². The number of ketones is 1. The molecule has 3 rings (SSSR count). The molecular formula is C17H15BrN2O2. The zero-order valence-electron chi connectivity index (χ0n) is 12.0. The molecule has 0 aliphatic carbocycles. The molecule has 0 fully saturated rings. The normalized spacial score (nSPS) is 17.5. The van der Waals surface area contributed by atoms with Gasteiger partial charge in [0.25, 0.3) is 0 Å². The summed E-state index contributed by atoms with van der Waals surface area (Å²) in [5, 5.41) is 0. The van der Waals surface area contributed by atoms with Gasteiger partial charge in [-0.25, -0.2) is 0 Å². The minimum Gasteiger partial charge on any atom is -0.495 e. The Morgan fingerprint density at radius 3 is 2.64 bits per heavy atom. The molecule has 1 atom stereocenters. The molecule has 0 bridgehead atoms. The van der Waals surface area contributed by atoms with Gasteiger partial charge in [-0.2, -0.15) is 0 Å². The number of carbonyl (C=O) groups excluding carboxylic acids is 1. The Morgan fingerprint density at radius 1 is 1.23 bits per heavy atom. The highest BCUT2D eigenvalue weighted by Crippen LogP contribution is 2.34. The Morgan fingerprint density at radius 2 is 1.95 bits per heavy atom. The molecule has 2 N–H and O–H groups in total. The third-order valence-corrected chi connectivity index (χ3v) is 4.29. The lowest BCUT2D eigenvalue weighted by Crippen LogP contribution is -2.29. The second-order valence-electron chi connectivity index (χ2n) is 5.04. The number of methoxy groups -OCH3 is 1. The zero-order chi connectivity index (χ0) is 15.7. The van der Waals surface area contributed by atoms with Crippen LogP contribution in [0.4, 0.5) is 0 Å². The molecule has 2 aromatic carbocycles. The van der Waals surface area contributed by atoms with Crippen molar-refractivity contribution in [3.05, 3.63) is 63.6 Å². The molecule has 1 heterocycles. The number of hydrogen-bond acceptors (Lipinski definition) is 4. The van der Waals surface area contributed by atoms with Gasteiger partial charge >= 0.3 is 0 Å². The summed E-state index contributed by atoms with van der Waals surface area (Å²) in [4.78, 5) is 16.7. The van der Waals surface area contributed by atoms with Crippen molar-refractivity contribution >= 4 is 27.4 Å². The zero-order valence-corrected chi connectivity index (χ0v) is 13.6. The smallest absolute Gasteiger partial charge is 0.176 e. The number of benzene rings is 2. The molecule has 1 aliphatic rings. The van der Waals surface area contributed by atoms with Crippen LogP contribution in [0.25, 0.3) is 0 Å². The van der Waals surface area contributed by atoms with Gasteiger partial charge in [0, 0.05) is 23.1 Å². The molecular weight excluding hydrogens is 344 g/mol. The van der Waals surface area contributed by atoms with Gasteiger partial charge in [-0.1, -0.05) is 36.4 Å². The van der Waals surface area contributed by atoms with Crippen LogP contribution < -0.4 is 10.5 Å². The molecule has 0 radical (unpaired) electrons. The molecule has 0 spiro atoms. The third-order valence-electron chi connectivity index (χ3n) is 3.67. The van der Waals surface area contributed by atoms with Crippen molar-refractivity contribution in [1.82, 2.24) is 0 Å². The fourth-order valence-corrected chi connectivity index (χ4v) is 3.14. The number of rotatable bonds is 2.